The van der Waals surface area contributed by atoms with Crippen LogP contribution in [0.3, 0.4) is 0 Å². The zero-order valence-electron chi connectivity index (χ0n) is 34.7. The predicted octanol–water partition coefficient (Wildman–Crippen LogP) is 12.1. The summed E-state index contributed by atoms with van der Waals surface area (Å²) in [5.41, 5.74) is 0.576. The number of thiophene rings is 1. The third kappa shape index (κ3) is 3.36. The molecule has 0 atom stereocenters. The lowest BCUT2D eigenvalue weighted by Gasteiger charge is -2.18. The molecule has 0 saturated carbocycles. The van der Waals surface area contributed by atoms with Crippen LogP contribution in [-0.4, -0.2) is 0 Å². The minimum Gasteiger partial charge on any atom is -0.455 e. The Hall–Kier alpha value is -5.18. The molecule has 196 valence electrons. The molecule has 0 N–H and O–H groups in total. The van der Waals surface area contributed by atoms with Gasteiger partial charge in [0, 0.05) is 42.2 Å². The Labute approximate surface area is 265 Å². The minimum absolute atomic E-state index is 0.0246. The largest absolute Gasteiger partial charge is 0.455 e. The van der Waals surface area contributed by atoms with Crippen molar-refractivity contribution in [3.8, 4) is 33.6 Å². The fraction of sp³-hybridized carbons (Fsp3) is 0. The Bertz CT molecular complexity index is 3080. The summed E-state index contributed by atoms with van der Waals surface area (Å²) in [6, 6.07) is 12.1. The van der Waals surface area contributed by atoms with E-state index in [-0.39, 0.29) is 38.4 Å². The van der Waals surface area contributed by atoms with Gasteiger partial charge in [-0.1, -0.05) is 127 Å². The molecular weight excluding hydrogens is 529 g/mol. The highest BCUT2D eigenvalue weighted by Crippen LogP contribution is 2.51. The Morgan fingerprint density at radius 3 is 1.79 bits per heavy atom. The topological polar surface area (TPSA) is 13.1 Å². The van der Waals surface area contributed by atoms with Gasteiger partial charge in [0.05, 0.1) is 17.8 Å². The van der Waals surface area contributed by atoms with Crippen LogP contribution in [0, 0.1) is 0 Å². The van der Waals surface area contributed by atoms with E-state index in [1.807, 2.05) is 42.5 Å². The molecule has 0 aliphatic carbocycles. The highest BCUT2D eigenvalue weighted by Gasteiger charge is 2.25. The molecule has 0 bridgehead atoms. The van der Waals surface area contributed by atoms with Crippen molar-refractivity contribution in [3.05, 3.63) is 145 Å². The molecule has 2 heteroatoms. The molecular formula is C40H24OS. The van der Waals surface area contributed by atoms with Crippen molar-refractivity contribution >= 4 is 64.0 Å². The van der Waals surface area contributed by atoms with Crippen LogP contribution in [0.4, 0.5) is 0 Å². The number of hydrogen-bond donors (Lipinski definition) is 0. The van der Waals surface area contributed by atoms with Crippen LogP contribution in [0.2, 0.25) is 0 Å². The van der Waals surface area contributed by atoms with Gasteiger partial charge in [0.2, 0.25) is 0 Å². The maximum atomic E-state index is 9.44. The zero-order valence-corrected chi connectivity index (χ0v) is 22.5. The third-order valence-electron chi connectivity index (χ3n) is 7.61. The molecule has 0 aliphatic rings. The zero-order chi connectivity index (χ0) is 38.9. The first kappa shape index (κ1) is 14.1. The van der Waals surface area contributed by atoms with Gasteiger partial charge in [-0.15, -0.1) is 11.3 Å². The number of furan rings is 1. The van der Waals surface area contributed by atoms with Gasteiger partial charge in [-0.25, -0.2) is 0 Å². The Balaban J connectivity index is 1.65. The highest BCUT2D eigenvalue weighted by molar-refractivity contribution is 7.26. The van der Waals surface area contributed by atoms with Gasteiger partial charge in [-0.3, -0.25) is 0 Å². The predicted molar refractivity (Wildman–Crippen MR) is 180 cm³/mol. The molecule has 0 amide bonds. The van der Waals surface area contributed by atoms with E-state index < -0.39 is 84.1 Å². The quantitative estimate of drug-likeness (QED) is 0.194. The van der Waals surface area contributed by atoms with E-state index in [4.69, 9.17) is 16.8 Å². The van der Waals surface area contributed by atoms with E-state index in [0.717, 1.165) is 20.2 Å². The minimum atomic E-state index is -0.720. The summed E-state index contributed by atoms with van der Waals surface area (Å²) in [7, 11) is 0. The summed E-state index contributed by atoms with van der Waals surface area (Å²) in [4.78, 5) is 0. The lowest BCUT2D eigenvalue weighted by molar-refractivity contribution is 0.636. The Morgan fingerprint density at radius 2 is 1.07 bits per heavy atom. The van der Waals surface area contributed by atoms with E-state index in [9.17, 15) is 5.48 Å². The monoisotopic (exact) mass is 565 g/mol. The van der Waals surface area contributed by atoms with Crippen LogP contribution in [0.25, 0.3) is 86.3 Å². The van der Waals surface area contributed by atoms with Gasteiger partial charge in [0.25, 0.3) is 0 Å². The van der Waals surface area contributed by atoms with E-state index in [2.05, 4.69) is 0 Å². The summed E-state index contributed by atoms with van der Waals surface area (Å²) in [6.07, 6.45) is 0. The molecule has 9 rings (SSSR count). The first-order valence-electron chi connectivity index (χ1n) is 19.7. The van der Waals surface area contributed by atoms with E-state index in [1.165, 1.54) is 0 Å². The first-order chi connectivity index (χ1) is 26.3. The molecule has 0 fully saturated rings. The van der Waals surface area contributed by atoms with Crippen LogP contribution < -0.4 is 0 Å². The fourth-order valence-electron chi connectivity index (χ4n) is 5.90. The van der Waals surface area contributed by atoms with Crippen molar-refractivity contribution in [2.75, 3.05) is 0 Å². The second-order valence-corrected chi connectivity index (χ2v) is 10.9. The number of hydrogen-bond acceptors (Lipinski definition) is 2. The van der Waals surface area contributed by atoms with Gasteiger partial charge in [0.1, 0.15) is 11.3 Å². The van der Waals surface area contributed by atoms with Gasteiger partial charge in [-0.05, 0) is 50.9 Å². The fourth-order valence-corrected chi connectivity index (χ4v) is 7.01. The summed E-state index contributed by atoms with van der Waals surface area (Å²) < 4.78 is 125. The van der Waals surface area contributed by atoms with Crippen molar-refractivity contribution in [2.24, 2.45) is 0 Å². The molecule has 0 saturated heterocycles. The molecule has 7 aromatic carbocycles. The molecule has 0 unspecified atom stereocenters. The third-order valence-corrected chi connectivity index (χ3v) is 8.74. The molecule has 0 spiro atoms. The van der Waals surface area contributed by atoms with Crippen molar-refractivity contribution in [3.63, 3.8) is 0 Å². The maximum Gasteiger partial charge on any atom is 0.144 e. The normalized spacial score (nSPS) is 16.1. The van der Waals surface area contributed by atoms with Crippen molar-refractivity contribution in [1.29, 1.82) is 0 Å². The van der Waals surface area contributed by atoms with Crippen LogP contribution in [-0.2, 0) is 0 Å². The van der Waals surface area contributed by atoms with Gasteiger partial charge in [0.15, 0.2) is 0 Å². The molecule has 2 aromatic heterocycles. The van der Waals surface area contributed by atoms with Crippen LogP contribution >= 0.6 is 11.3 Å². The van der Waals surface area contributed by atoms with E-state index in [0.29, 0.717) is 22.1 Å². The van der Waals surface area contributed by atoms with Crippen molar-refractivity contribution in [1.82, 2.24) is 0 Å². The van der Waals surface area contributed by atoms with Crippen molar-refractivity contribution < 1.29 is 22.2 Å². The summed E-state index contributed by atoms with van der Waals surface area (Å²) >= 11 is 1.57. The average molecular weight is 566 g/mol. The Morgan fingerprint density at radius 1 is 0.452 bits per heavy atom. The standard InChI is InChI=1S/C40H24OS/c1-3-13-25(14-4-1)35-27-17-7-9-19-29(27)36(30-20-10-8-18-28(30)35)38-32-23-24-34-37(31-21-11-12-22-33(31)42-34)40(32)41-39(38)26-15-5-2-6-16-26/h1-24H/i1D,3D,4D,7D,8D,9D,10D,13D,14D,17D,18D,19D,20D. The number of benzene rings is 7. The smallest absolute Gasteiger partial charge is 0.144 e. The molecule has 0 radical (unpaired) electrons. The van der Waals surface area contributed by atoms with Gasteiger partial charge < -0.3 is 4.42 Å². The lowest BCUT2D eigenvalue weighted by Crippen LogP contribution is -1.91. The van der Waals surface area contributed by atoms with E-state index >= 15 is 0 Å². The number of rotatable bonds is 3. The first-order valence-corrected chi connectivity index (χ1v) is 14.0. The second-order valence-electron chi connectivity index (χ2n) is 9.84. The second kappa shape index (κ2) is 9.17. The molecule has 1 nitrogen and oxygen atoms in total. The SMILES string of the molecule is [2H]c1c([2H])c([2H])c(-c2c3c([2H])c([2H])c([2H])c([2H])c3c(-c3c(-c4ccccc4)oc4c3ccc3sc5ccccc5c34)c3c([2H])c([2H])c([2H])c([2H])c23)c([2H])c1[2H]. The highest BCUT2D eigenvalue weighted by atomic mass is 32.1. The molecule has 42 heavy (non-hydrogen) atoms. The average Bonchev–Trinajstić information content (AvgIpc) is 3.77. The summed E-state index contributed by atoms with van der Waals surface area (Å²) in [6.45, 7) is 0. The number of fused-ring (bicyclic) bond motifs is 7. The van der Waals surface area contributed by atoms with Crippen molar-refractivity contribution in [2.45, 2.75) is 0 Å². The maximum absolute atomic E-state index is 9.44. The van der Waals surface area contributed by atoms with Gasteiger partial charge >= 0.3 is 0 Å². The summed E-state index contributed by atoms with van der Waals surface area (Å²) in [5.74, 6) is 0.274. The lowest BCUT2D eigenvalue weighted by atomic mass is 9.84. The molecule has 0 aliphatic heterocycles. The molecule has 9 aromatic rings. The molecule has 2 heterocycles. The van der Waals surface area contributed by atoms with Crippen LogP contribution in [0.5, 0.6) is 0 Å². The van der Waals surface area contributed by atoms with Gasteiger partial charge in [-0.2, -0.15) is 0 Å². The Kier molecular flexibility index (Phi) is 3.09. The van der Waals surface area contributed by atoms with Crippen LogP contribution in [0.1, 0.15) is 17.8 Å². The van der Waals surface area contributed by atoms with E-state index in [1.54, 1.807) is 35.6 Å². The van der Waals surface area contributed by atoms with Crippen LogP contribution in [0.15, 0.2) is 150 Å². The summed E-state index contributed by atoms with van der Waals surface area (Å²) in [5, 5.41) is 1.35.